The van der Waals surface area contributed by atoms with E-state index in [2.05, 4.69) is 23.6 Å². The number of primary sulfonamides is 1. The van der Waals surface area contributed by atoms with Gasteiger partial charge in [-0.25, -0.2) is 13.6 Å². The summed E-state index contributed by atoms with van der Waals surface area (Å²) >= 11 is 0. The first-order valence-electron chi connectivity index (χ1n) is 9.94. The van der Waals surface area contributed by atoms with Crippen molar-refractivity contribution < 1.29 is 17.9 Å². The molecule has 26 heavy (non-hydrogen) atoms. The Morgan fingerprint density at radius 3 is 2.15 bits per heavy atom. The first-order chi connectivity index (χ1) is 12.3. The molecule has 4 atom stereocenters. The van der Waals surface area contributed by atoms with Gasteiger partial charge in [-0.2, -0.15) is 0 Å². The molecule has 2 aliphatic heterocycles. The van der Waals surface area contributed by atoms with Crippen LogP contribution in [-0.2, 0) is 19.5 Å². The lowest BCUT2D eigenvalue weighted by molar-refractivity contribution is -0.0724. The molecule has 2 saturated carbocycles. The SMILES string of the molecule is CC1(C)[C@@H]2CC[C@@]1(C(N1CCOCC1)S(N)(=O)=O)C(N1CCOCC1)C2. The third kappa shape index (κ3) is 2.76. The van der Waals surface area contributed by atoms with Crippen LogP contribution in [0.25, 0.3) is 0 Å². The summed E-state index contributed by atoms with van der Waals surface area (Å²) in [5.41, 5.74) is -0.384. The van der Waals surface area contributed by atoms with Crippen molar-refractivity contribution in [2.75, 3.05) is 52.6 Å². The minimum Gasteiger partial charge on any atom is -0.379 e. The summed E-state index contributed by atoms with van der Waals surface area (Å²) in [6.07, 6.45) is 3.11. The van der Waals surface area contributed by atoms with Crippen LogP contribution in [0.15, 0.2) is 0 Å². The van der Waals surface area contributed by atoms with Crippen molar-refractivity contribution in [2.24, 2.45) is 21.9 Å². The molecule has 4 fully saturated rings. The second-order valence-corrected chi connectivity index (χ2v) is 10.6. The highest BCUT2D eigenvalue weighted by Gasteiger charge is 2.71. The average Bonchev–Trinajstić information content (AvgIpc) is 2.98. The molecule has 0 spiro atoms. The van der Waals surface area contributed by atoms with Crippen LogP contribution >= 0.6 is 0 Å². The van der Waals surface area contributed by atoms with Gasteiger partial charge in [-0.1, -0.05) is 13.8 Å². The number of morpholine rings is 2. The molecule has 0 aromatic carbocycles. The molecule has 2 bridgehead atoms. The summed E-state index contributed by atoms with van der Waals surface area (Å²) in [6, 6.07) is 0.256. The molecule has 0 amide bonds. The minimum atomic E-state index is -3.72. The van der Waals surface area contributed by atoms with Crippen molar-refractivity contribution in [2.45, 2.75) is 44.5 Å². The lowest BCUT2D eigenvalue weighted by Gasteiger charge is -2.54. The van der Waals surface area contributed by atoms with Gasteiger partial charge in [-0.3, -0.25) is 9.80 Å². The molecule has 0 aromatic heterocycles. The van der Waals surface area contributed by atoms with E-state index in [0.717, 1.165) is 45.6 Å². The smallest absolute Gasteiger partial charge is 0.225 e. The number of hydrogen-bond acceptors (Lipinski definition) is 6. The van der Waals surface area contributed by atoms with Crippen molar-refractivity contribution >= 4 is 10.0 Å². The lowest BCUT2D eigenvalue weighted by Crippen LogP contribution is -2.66. The second-order valence-electron chi connectivity index (χ2n) is 8.99. The Kier molecular flexibility index (Phi) is 4.90. The van der Waals surface area contributed by atoms with Crippen LogP contribution in [0.4, 0.5) is 0 Å². The van der Waals surface area contributed by atoms with Gasteiger partial charge in [0.2, 0.25) is 10.0 Å². The topological polar surface area (TPSA) is 85.1 Å². The zero-order valence-corrected chi connectivity index (χ0v) is 16.8. The van der Waals surface area contributed by atoms with Crippen LogP contribution in [0.2, 0.25) is 0 Å². The van der Waals surface area contributed by atoms with Crippen molar-refractivity contribution in [3.8, 4) is 0 Å². The molecular weight excluding hydrogens is 354 g/mol. The third-order valence-electron chi connectivity index (χ3n) is 7.84. The highest BCUT2D eigenvalue weighted by atomic mass is 32.2. The summed E-state index contributed by atoms with van der Waals surface area (Å²) in [7, 11) is -3.72. The Bertz CT molecular complexity index is 628. The van der Waals surface area contributed by atoms with Crippen LogP contribution in [0.1, 0.15) is 33.1 Å². The van der Waals surface area contributed by atoms with Gasteiger partial charge in [-0.15, -0.1) is 0 Å². The van der Waals surface area contributed by atoms with E-state index < -0.39 is 15.4 Å². The van der Waals surface area contributed by atoms with Gasteiger partial charge in [0.25, 0.3) is 0 Å². The molecule has 0 radical (unpaired) electrons. The Morgan fingerprint density at radius 1 is 1.04 bits per heavy atom. The predicted molar refractivity (Wildman–Crippen MR) is 99.0 cm³/mol. The van der Waals surface area contributed by atoms with E-state index in [9.17, 15) is 8.42 Å². The quantitative estimate of drug-likeness (QED) is 0.754. The van der Waals surface area contributed by atoms with Gasteiger partial charge in [-0.05, 0) is 30.6 Å². The van der Waals surface area contributed by atoms with Crippen LogP contribution in [0.3, 0.4) is 0 Å². The molecule has 2 heterocycles. The Hall–Kier alpha value is -0.250. The van der Waals surface area contributed by atoms with E-state index in [1.807, 2.05) is 0 Å². The van der Waals surface area contributed by atoms with Gasteiger partial charge < -0.3 is 9.47 Å². The molecule has 2 N–H and O–H groups in total. The highest BCUT2D eigenvalue weighted by molar-refractivity contribution is 7.89. The Labute approximate surface area is 157 Å². The number of sulfonamides is 1. The highest BCUT2D eigenvalue weighted by Crippen LogP contribution is 2.69. The molecule has 7 nitrogen and oxygen atoms in total. The van der Waals surface area contributed by atoms with Crippen molar-refractivity contribution in [1.82, 2.24) is 9.80 Å². The maximum atomic E-state index is 13.0. The van der Waals surface area contributed by atoms with Gasteiger partial charge >= 0.3 is 0 Å². The van der Waals surface area contributed by atoms with Gasteiger partial charge in [0.05, 0.1) is 26.4 Å². The third-order valence-corrected chi connectivity index (χ3v) is 9.19. The van der Waals surface area contributed by atoms with Crippen LogP contribution in [-0.4, -0.2) is 82.2 Å². The molecular formula is C18H33N3O4S. The molecule has 4 aliphatic rings. The Balaban J connectivity index is 1.78. The largest absolute Gasteiger partial charge is 0.379 e. The fraction of sp³-hybridized carbons (Fsp3) is 1.00. The first kappa shape index (κ1) is 19.1. The van der Waals surface area contributed by atoms with Crippen LogP contribution in [0.5, 0.6) is 0 Å². The number of nitrogens with two attached hydrogens (primary N) is 1. The minimum absolute atomic E-state index is 0.0502. The van der Waals surface area contributed by atoms with E-state index in [4.69, 9.17) is 14.6 Å². The van der Waals surface area contributed by atoms with Crippen LogP contribution in [0, 0.1) is 16.7 Å². The zero-order chi connectivity index (χ0) is 18.6. The van der Waals surface area contributed by atoms with Crippen LogP contribution < -0.4 is 5.14 Å². The summed E-state index contributed by atoms with van der Waals surface area (Å²) in [6.45, 7) is 10.2. The van der Waals surface area contributed by atoms with E-state index >= 15 is 0 Å². The lowest BCUT2D eigenvalue weighted by atomic mass is 9.66. The molecule has 4 rings (SSSR count). The second kappa shape index (κ2) is 6.67. The number of fused-ring (bicyclic) bond motifs is 2. The molecule has 2 unspecified atom stereocenters. The number of rotatable bonds is 4. The average molecular weight is 388 g/mol. The maximum Gasteiger partial charge on any atom is 0.225 e. The zero-order valence-electron chi connectivity index (χ0n) is 16.0. The summed E-state index contributed by atoms with van der Waals surface area (Å²) in [4.78, 5) is 4.59. The molecule has 8 heteroatoms. The first-order valence-corrected chi connectivity index (χ1v) is 11.5. The van der Waals surface area contributed by atoms with Crippen molar-refractivity contribution in [3.63, 3.8) is 0 Å². The maximum absolute atomic E-state index is 13.0. The van der Waals surface area contributed by atoms with E-state index in [1.165, 1.54) is 0 Å². The van der Waals surface area contributed by atoms with Crippen molar-refractivity contribution in [3.05, 3.63) is 0 Å². The molecule has 0 aromatic rings. The van der Waals surface area contributed by atoms with E-state index in [-0.39, 0.29) is 16.9 Å². The molecule has 2 aliphatic carbocycles. The monoisotopic (exact) mass is 387 g/mol. The normalized spacial score (nSPS) is 40.0. The standard InChI is InChI=1S/C18H33N3O4S/c1-17(2)14-3-4-18(17,15(13-14)20-5-9-24-10-6-20)16(26(19,22)23)21-7-11-25-12-8-21/h14-16H,3-13H2,1-2H3,(H2,19,22,23)/t14-,15?,16?,18+/m1/s1. The molecule has 150 valence electrons. The number of hydrogen-bond donors (Lipinski definition) is 1. The van der Waals surface area contributed by atoms with Gasteiger partial charge in [0.1, 0.15) is 5.37 Å². The number of ether oxygens (including phenoxy) is 2. The Morgan fingerprint density at radius 2 is 1.62 bits per heavy atom. The fourth-order valence-electron chi connectivity index (χ4n) is 6.57. The molecule has 2 saturated heterocycles. The number of nitrogens with zero attached hydrogens (tertiary/aromatic N) is 2. The van der Waals surface area contributed by atoms with Gasteiger partial charge in [0, 0.05) is 37.6 Å². The predicted octanol–water partition coefficient (Wildman–Crippen LogP) is 0.460. The summed E-state index contributed by atoms with van der Waals surface area (Å²) in [5.74, 6) is 0.556. The summed E-state index contributed by atoms with van der Waals surface area (Å²) < 4.78 is 37.0. The fourth-order valence-corrected chi connectivity index (χ4v) is 8.36. The van der Waals surface area contributed by atoms with Crippen molar-refractivity contribution in [1.29, 1.82) is 0 Å². The van der Waals surface area contributed by atoms with Gasteiger partial charge in [0.15, 0.2) is 0 Å². The van der Waals surface area contributed by atoms with E-state index in [1.54, 1.807) is 0 Å². The summed E-state index contributed by atoms with van der Waals surface area (Å²) in [5, 5.41) is 5.30. The van der Waals surface area contributed by atoms with E-state index in [0.29, 0.717) is 32.2 Å².